The van der Waals surface area contributed by atoms with Gasteiger partial charge in [-0.05, 0) is 35.1 Å². The van der Waals surface area contributed by atoms with E-state index in [-0.39, 0.29) is 39.1 Å². The number of hydrogen-bond donors (Lipinski definition) is 1. The number of nitro benzene ring substituents is 2. The van der Waals surface area contributed by atoms with Crippen LogP contribution in [0.2, 0.25) is 0 Å². The van der Waals surface area contributed by atoms with Gasteiger partial charge in [0.25, 0.3) is 11.4 Å². The van der Waals surface area contributed by atoms with E-state index in [0.29, 0.717) is 5.56 Å². The number of para-hydroxylation sites is 1. The van der Waals surface area contributed by atoms with Gasteiger partial charge in [-0.3, -0.25) is 20.2 Å². The summed E-state index contributed by atoms with van der Waals surface area (Å²) in [6.07, 6.45) is 0.757. The van der Waals surface area contributed by atoms with E-state index in [1.54, 1.807) is 24.3 Å². The molecule has 3 aromatic rings. The van der Waals surface area contributed by atoms with E-state index >= 15 is 0 Å². The van der Waals surface area contributed by atoms with Crippen LogP contribution in [0.5, 0.6) is 0 Å². The third-order valence-corrected chi connectivity index (χ3v) is 6.06. The standard InChI is InChI=1S/C22H17N3O4/c26-24(27)14-9-10-19-17(12-14)21-15-6-2-1-5-13(15)11-18(21)22(23-19)16-7-3-4-8-20(16)25(28)29/h1-10,12,18,21-23H,11H2/t18-,21-,22-/m0/s1. The summed E-state index contributed by atoms with van der Waals surface area (Å²) in [6, 6.07) is 19.5. The first-order valence-electron chi connectivity index (χ1n) is 9.40. The van der Waals surface area contributed by atoms with E-state index in [2.05, 4.69) is 17.4 Å². The minimum atomic E-state index is -0.385. The van der Waals surface area contributed by atoms with Crippen LogP contribution < -0.4 is 5.32 Å². The molecular weight excluding hydrogens is 370 g/mol. The van der Waals surface area contributed by atoms with Crippen molar-refractivity contribution >= 4 is 17.1 Å². The molecule has 1 heterocycles. The fraction of sp³-hybridized carbons (Fsp3) is 0.182. The molecule has 0 radical (unpaired) electrons. The third kappa shape index (κ3) is 2.66. The van der Waals surface area contributed by atoms with Gasteiger partial charge in [0.05, 0.1) is 21.5 Å². The van der Waals surface area contributed by atoms with Crippen molar-refractivity contribution in [2.45, 2.75) is 18.4 Å². The lowest BCUT2D eigenvalue weighted by atomic mass is 9.75. The van der Waals surface area contributed by atoms with Crippen LogP contribution in [0.1, 0.15) is 34.2 Å². The number of anilines is 1. The van der Waals surface area contributed by atoms with Crippen LogP contribution >= 0.6 is 0 Å². The second-order valence-corrected chi connectivity index (χ2v) is 7.51. The van der Waals surface area contributed by atoms with Gasteiger partial charge >= 0.3 is 0 Å². The number of hydrogen-bond acceptors (Lipinski definition) is 5. The molecule has 0 bridgehead atoms. The van der Waals surface area contributed by atoms with E-state index in [0.717, 1.165) is 23.2 Å². The molecule has 0 aromatic heterocycles. The molecule has 3 aromatic carbocycles. The summed E-state index contributed by atoms with van der Waals surface area (Å²) in [5.74, 6) is -0.0184. The lowest BCUT2D eigenvalue weighted by Crippen LogP contribution is -2.30. The molecule has 1 aliphatic carbocycles. The van der Waals surface area contributed by atoms with Crippen LogP contribution in [0, 0.1) is 26.1 Å². The van der Waals surface area contributed by atoms with Crippen LogP contribution in [0.3, 0.4) is 0 Å². The van der Waals surface area contributed by atoms with Gasteiger partial charge in [-0.2, -0.15) is 0 Å². The SMILES string of the molecule is O=[N+]([O-])c1ccc2c(c1)[C@@H]1c3ccccc3C[C@@H]1[C@H](c1ccccc1[N+](=O)[O-])N2. The van der Waals surface area contributed by atoms with Gasteiger partial charge in [-0.15, -0.1) is 0 Å². The lowest BCUT2D eigenvalue weighted by Gasteiger charge is -2.37. The number of rotatable bonds is 3. The highest BCUT2D eigenvalue weighted by Gasteiger charge is 2.45. The Kier molecular flexibility index (Phi) is 3.84. The van der Waals surface area contributed by atoms with Crippen LogP contribution in [-0.4, -0.2) is 9.85 Å². The van der Waals surface area contributed by atoms with E-state index < -0.39 is 0 Å². The van der Waals surface area contributed by atoms with Crippen molar-refractivity contribution in [3.05, 3.63) is 109 Å². The second kappa shape index (κ2) is 6.41. The van der Waals surface area contributed by atoms with E-state index in [1.165, 1.54) is 17.7 Å². The van der Waals surface area contributed by atoms with Crippen LogP contribution in [0.4, 0.5) is 17.1 Å². The van der Waals surface area contributed by atoms with Crippen molar-refractivity contribution in [1.82, 2.24) is 0 Å². The summed E-state index contributed by atoms with van der Waals surface area (Å²) in [4.78, 5) is 22.3. The highest BCUT2D eigenvalue weighted by atomic mass is 16.6. The van der Waals surface area contributed by atoms with Crippen molar-refractivity contribution in [1.29, 1.82) is 0 Å². The largest absolute Gasteiger partial charge is 0.377 e. The van der Waals surface area contributed by atoms with E-state index in [4.69, 9.17) is 0 Å². The average Bonchev–Trinajstić information content (AvgIpc) is 3.12. The maximum Gasteiger partial charge on any atom is 0.274 e. The van der Waals surface area contributed by atoms with Crippen LogP contribution in [-0.2, 0) is 6.42 Å². The third-order valence-electron chi connectivity index (χ3n) is 6.06. The van der Waals surface area contributed by atoms with Crippen LogP contribution in [0.15, 0.2) is 66.7 Å². The Morgan fingerprint density at radius 1 is 0.828 bits per heavy atom. The van der Waals surface area contributed by atoms with Crippen molar-refractivity contribution in [3.8, 4) is 0 Å². The molecule has 2 aliphatic rings. The number of benzene rings is 3. The van der Waals surface area contributed by atoms with Crippen molar-refractivity contribution < 1.29 is 9.85 Å². The van der Waals surface area contributed by atoms with Crippen molar-refractivity contribution in [2.24, 2.45) is 5.92 Å². The van der Waals surface area contributed by atoms with Crippen LogP contribution in [0.25, 0.3) is 0 Å². The van der Waals surface area contributed by atoms with Gasteiger partial charge in [0.2, 0.25) is 0 Å². The first-order chi connectivity index (χ1) is 14.0. The van der Waals surface area contributed by atoms with E-state index in [1.807, 2.05) is 18.2 Å². The molecule has 7 nitrogen and oxygen atoms in total. The Morgan fingerprint density at radius 3 is 2.31 bits per heavy atom. The van der Waals surface area contributed by atoms with Crippen molar-refractivity contribution in [2.75, 3.05) is 5.32 Å². The summed E-state index contributed by atoms with van der Waals surface area (Å²) in [5, 5.41) is 26.4. The topological polar surface area (TPSA) is 98.3 Å². The molecular formula is C22H17N3O4. The normalized spacial score (nSPS) is 21.4. The van der Waals surface area contributed by atoms with Gasteiger partial charge in [-0.25, -0.2) is 0 Å². The highest BCUT2D eigenvalue weighted by molar-refractivity contribution is 5.66. The summed E-state index contributed by atoms with van der Waals surface area (Å²) in [7, 11) is 0. The summed E-state index contributed by atoms with van der Waals surface area (Å²) >= 11 is 0. The predicted octanol–water partition coefficient (Wildman–Crippen LogP) is 4.97. The molecule has 0 unspecified atom stereocenters. The fourth-order valence-corrected chi connectivity index (χ4v) is 4.89. The van der Waals surface area contributed by atoms with Gasteiger partial charge in [0, 0.05) is 29.8 Å². The Morgan fingerprint density at radius 2 is 1.55 bits per heavy atom. The number of nitro groups is 2. The number of non-ortho nitro benzene ring substituents is 1. The van der Waals surface area contributed by atoms with E-state index in [9.17, 15) is 20.2 Å². The maximum absolute atomic E-state index is 11.6. The Balaban J connectivity index is 1.71. The Bertz CT molecular complexity index is 1160. The fourth-order valence-electron chi connectivity index (χ4n) is 4.89. The quantitative estimate of drug-likeness (QED) is 0.505. The lowest BCUT2D eigenvalue weighted by molar-refractivity contribution is -0.385. The first-order valence-corrected chi connectivity index (χ1v) is 9.40. The predicted molar refractivity (Wildman–Crippen MR) is 108 cm³/mol. The second-order valence-electron chi connectivity index (χ2n) is 7.51. The van der Waals surface area contributed by atoms with Gasteiger partial charge in [0.1, 0.15) is 0 Å². The summed E-state index contributed by atoms with van der Waals surface area (Å²) < 4.78 is 0. The molecule has 7 heteroatoms. The monoisotopic (exact) mass is 387 g/mol. The zero-order valence-corrected chi connectivity index (χ0v) is 15.3. The first kappa shape index (κ1) is 17.4. The summed E-state index contributed by atoms with van der Waals surface area (Å²) in [6.45, 7) is 0. The molecule has 3 atom stereocenters. The average molecular weight is 387 g/mol. The molecule has 0 amide bonds. The molecule has 144 valence electrons. The molecule has 5 rings (SSSR count). The molecule has 0 saturated carbocycles. The van der Waals surface area contributed by atoms with Gasteiger partial charge < -0.3 is 5.32 Å². The maximum atomic E-state index is 11.6. The van der Waals surface area contributed by atoms with Gasteiger partial charge in [-0.1, -0.05) is 42.5 Å². The molecule has 0 fully saturated rings. The molecule has 0 spiro atoms. The summed E-state index contributed by atoms with van der Waals surface area (Å²) in [5.41, 5.74) is 4.78. The minimum absolute atomic E-state index is 0.0306. The zero-order valence-electron chi connectivity index (χ0n) is 15.3. The highest BCUT2D eigenvalue weighted by Crippen LogP contribution is 2.55. The zero-order chi connectivity index (χ0) is 20.1. The Hall–Kier alpha value is -3.74. The van der Waals surface area contributed by atoms with Gasteiger partial charge in [0.15, 0.2) is 0 Å². The molecule has 1 aliphatic heterocycles. The molecule has 29 heavy (non-hydrogen) atoms. The number of nitrogens with one attached hydrogen (secondary N) is 1. The number of fused-ring (bicyclic) bond motifs is 5. The number of nitrogens with zero attached hydrogens (tertiary/aromatic N) is 2. The molecule has 0 saturated heterocycles. The minimum Gasteiger partial charge on any atom is -0.377 e. The van der Waals surface area contributed by atoms with Crippen molar-refractivity contribution in [3.63, 3.8) is 0 Å². The molecule has 1 N–H and O–H groups in total. The Labute approximate surface area is 166 Å². The smallest absolute Gasteiger partial charge is 0.274 e.